The van der Waals surface area contributed by atoms with E-state index in [-0.39, 0.29) is 27.9 Å². The standard InChI is InChI=1S/2C22H26ClN5O4/c1-21(2,3)31-19(29)28(20(30)32-22(4,5)6)18-25-16(23)15-17(26-18)24-13-27(15)12-14-10-8-7-9-11-14;1-21(2,3)31-19(29)28(20(30)32-22(4,5)6)18-25-16(23)15-17(26-18)27(13-24-15)12-14-10-8-7-9-11-14/h2*7-11,13H,12H2,1-6H3. The van der Waals surface area contributed by atoms with Gasteiger partial charge in [0, 0.05) is 6.54 Å². The topological polar surface area (TPSA) is 199 Å². The first-order valence-electron chi connectivity index (χ1n) is 20.0. The lowest BCUT2D eigenvalue weighted by molar-refractivity contribution is 0.0405. The van der Waals surface area contributed by atoms with Crippen molar-refractivity contribution in [1.29, 1.82) is 0 Å². The smallest absolute Gasteiger partial charge is 0.427 e. The Morgan fingerprint density at radius 1 is 0.516 bits per heavy atom. The summed E-state index contributed by atoms with van der Waals surface area (Å²) in [6.07, 6.45) is -0.759. The van der Waals surface area contributed by atoms with Crippen LogP contribution in [0.4, 0.5) is 31.1 Å². The minimum absolute atomic E-state index is 0.00562. The number of ether oxygens (including phenoxy) is 4. The highest BCUT2D eigenvalue weighted by atomic mass is 35.5. The van der Waals surface area contributed by atoms with E-state index in [9.17, 15) is 19.2 Å². The molecule has 0 saturated heterocycles. The summed E-state index contributed by atoms with van der Waals surface area (Å²) >= 11 is 12.8. The fourth-order valence-corrected chi connectivity index (χ4v) is 6.00. The van der Waals surface area contributed by atoms with Gasteiger partial charge in [-0.25, -0.2) is 29.1 Å². The molecule has 340 valence electrons. The van der Waals surface area contributed by atoms with Crippen LogP contribution in [0.15, 0.2) is 73.3 Å². The highest BCUT2D eigenvalue weighted by Gasteiger charge is 2.37. The molecule has 0 unspecified atom stereocenters. The van der Waals surface area contributed by atoms with Crippen LogP contribution in [0.2, 0.25) is 10.3 Å². The summed E-state index contributed by atoms with van der Waals surface area (Å²) in [5, 5.41) is 0.0319. The summed E-state index contributed by atoms with van der Waals surface area (Å²) in [6, 6.07) is 19.4. The normalized spacial score (nSPS) is 12.0. The molecule has 0 radical (unpaired) electrons. The van der Waals surface area contributed by atoms with Crippen molar-refractivity contribution in [2.45, 2.75) is 119 Å². The van der Waals surface area contributed by atoms with Gasteiger partial charge in [-0.1, -0.05) is 83.9 Å². The van der Waals surface area contributed by atoms with Crippen molar-refractivity contribution in [3.63, 3.8) is 0 Å². The molecule has 4 heterocycles. The van der Waals surface area contributed by atoms with Crippen LogP contribution in [0.25, 0.3) is 22.3 Å². The van der Waals surface area contributed by atoms with Crippen LogP contribution < -0.4 is 9.80 Å². The number of anilines is 2. The zero-order chi connectivity index (χ0) is 47.4. The maximum absolute atomic E-state index is 12.9. The van der Waals surface area contributed by atoms with Crippen LogP contribution in [-0.2, 0) is 32.0 Å². The Hall–Kier alpha value is -6.40. The van der Waals surface area contributed by atoms with Crippen LogP contribution in [0, 0.1) is 0 Å². The van der Waals surface area contributed by atoms with E-state index in [1.54, 1.807) is 105 Å². The largest absolute Gasteiger partial charge is 0.443 e. The number of fused-ring (bicyclic) bond motifs is 2. The zero-order valence-electron chi connectivity index (χ0n) is 37.8. The van der Waals surface area contributed by atoms with E-state index >= 15 is 0 Å². The van der Waals surface area contributed by atoms with Crippen molar-refractivity contribution in [2.24, 2.45) is 0 Å². The van der Waals surface area contributed by atoms with Gasteiger partial charge in [0.15, 0.2) is 21.6 Å². The summed E-state index contributed by atoms with van der Waals surface area (Å²) in [6.45, 7) is 21.2. The lowest BCUT2D eigenvalue weighted by Gasteiger charge is -2.27. The number of hydrogen-bond donors (Lipinski definition) is 0. The Labute approximate surface area is 380 Å². The van der Waals surface area contributed by atoms with Gasteiger partial charge in [0.25, 0.3) is 0 Å². The van der Waals surface area contributed by atoms with Gasteiger partial charge >= 0.3 is 24.4 Å². The predicted octanol–water partition coefficient (Wildman–Crippen LogP) is 10.4. The Kier molecular flexibility index (Phi) is 14.5. The number of imidazole rings is 2. The van der Waals surface area contributed by atoms with Crippen molar-refractivity contribution in [3.8, 4) is 0 Å². The third-order valence-corrected chi connectivity index (χ3v) is 8.45. The Balaban J connectivity index is 0.000000241. The first-order valence-corrected chi connectivity index (χ1v) is 20.8. The molecule has 0 saturated carbocycles. The fourth-order valence-electron chi connectivity index (χ4n) is 5.53. The molecule has 6 aromatic rings. The molecule has 4 aromatic heterocycles. The van der Waals surface area contributed by atoms with Crippen LogP contribution >= 0.6 is 23.2 Å². The van der Waals surface area contributed by atoms with Gasteiger partial charge in [0.2, 0.25) is 11.9 Å². The Morgan fingerprint density at radius 2 is 0.891 bits per heavy atom. The molecule has 0 atom stereocenters. The maximum Gasteiger partial charge on any atom is 0.427 e. The number of rotatable bonds is 6. The molecule has 0 aliphatic rings. The van der Waals surface area contributed by atoms with E-state index in [1.165, 1.54) is 0 Å². The lowest BCUT2D eigenvalue weighted by atomic mass is 10.2. The van der Waals surface area contributed by atoms with Crippen LogP contribution in [0.3, 0.4) is 0 Å². The van der Waals surface area contributed by atoms with E-state index in [1.807, 2.05) is 60.7 Å². The van der Waals surface area contributed by atoms with E-state index in [4.69, 9.17) is 42.1 Å². The van der Waals surface area contributed by atoms with E-state index in [0.29, 0.717) is 39.6 Å². The van der Waals surface area contributed by atoms with Gasteiger partial charge < -0.3 is 28.1 Å². The number of imide groups is 2. The number of amides is 4. The van der Waals surface area contributed by atoms with Gasteiger partial charge in [-0.15, -0.1) is 9.80 Å². The van der Waals surface area contributed by atoms with Crippen molar-refractivity contribution in [2.75, 3.05) is 9.80 Å². The Morgan fingerprint density at radius 3 is 1.31 bits per heavy atom. The fraction of sp³-hybridized carbons (Fsp3) is 0.409. The molecule has 0 bridgehead atoms. The number of carbonyl (C=O) groups excluding carboxylic acids is 4. The Bertz CT molecular complexity index is 2570. The molecule has 4 amide bonds. The lowest BCUT2D eigenvalue weighted by Crippen LogP contribution is -2.44. The average molecular weight is 920 g/mol. The monoisotopic (exact) mass is 918 g/mol. The van der Waals surface area contributed by atoms with E-state index in [0.717, 1.165) is 11.1 Å². The second-order valence-corrected chi connectivity index (χ2v) is 19.0. The summed E-state index contributed by atoms with van der Waals surface area (Å²) in [4.78, 5) is 78.3. The summed E-state index contributed by atoms with van der Waals surface area (Å²) in [5.41, 5.74) is 0.0302. The first kappa shape index (κ1) is 48.6. The van der Waals surface area contributed by atoms with Gasteiger partial charge in [0.1, 0.15) is 33.4 Å². The number of nitrogens with zero attached hydrogens (tertiary/aromatic N) is 10. The van der Waals surface area contributed by atoms with Gasteiger partial charge in [-0.05, 0) is 94.2 Å². The molecule has 0 aliphatic carbocycles. The molecular weight excluding hydrogens is 867 g/mol. The number of carbonyl (C=O) groups is 4. The highest BCUT2D eigenvalue weighted by molar-refractivity contribution is 6.34. The summed E-state index contributed by atoms with van der Waals surface area (Å²) in [7, 11) is 0. The SMILES string of the molecule is CC(C)(C)OC(=O)N(C(=O)OC(C)(C)C)c1nc(Cl)c2c(ncn2Cc2ccccc2)n1.CC(C)(C)OC(=O)N(C(=O)OC(C)(C)C)c1nc(Cl)c2ncn(Cc3ccccc3)c2n1. The van der Waals surface area contributed by atoms with E-state index < -0.39 is 46.8 Å². The molecule has 0 N–H and O–H groups in total. The maximum atomic E-state index is 12.9. The van der Waals surface area contributed by atoms with Crippen LogP contribution in [0.1, 0.15) is 94.2 Å². The van der Waals surface area contributed by atoms with Crippen molar-refractivity contribution in [3.05, 3.63) is 94.8 Å². The second-order valence-electron chi connectivity index (χ2n) is 18.3. The quantitative estimate of drug-likeness (QED) is 0.113. The van der Waals surface area contributed by atoms with Gasteiger partial charge in [-0.2, -0.15) is 19.9 Å². The molecular formula is C44H52Cl2N10O8. The van der Waals surface area contributed by atoms with Crippen LogP contribution in [0.5, 0.6) is 0 Å². The molecule has 0 spiro atoms. The molecule has 0 fully saturated rings. The molecule has 20 heteroatoms. The van der Waals surface area contributed by atoms with Crippen LogP contribution in [-0.4, -0.2) is 85.8 Å². The predicted molar refractivity (Wildman–Crippen MR) is 242 cm³/mol. The first-order chi connectivity index (χ1) is 29.7. The number of benzene rings is 2. The zero-order valence-corrected chi connectivity index (χ0v) is 39.3. The molecule has 2 aromatic carbocycles. The van der Waals surface area contributed by atoms with E-state index in [2.05, 4.69) is 29.9 Å². The summed E-state index contributed by atoms with van der Waals surface area (Å²) in [5.74, 6) is -0.545. The molecule has 0 aliphatic heterocycles. The van der Waals surface area contributed by atoms with Gasteiger partial charge in [-0.3, -0.25) is 0 Å². The van der Waals surface area contributed by atoms with Crippen molar-refractivity contribution >= 4 is 81.8 Å². The highest BCUT2D eigenvalue weighted by Crippen LogP contribution is 2.28. The third-order valence-electron chi connectivity index (χ3n) is 7.92. The van der Waals surface area contributed by atoms with Crippen molar-refractivity contribution in [1.82, 2.24) is 39.0 Å². The number of halogens is 2. The molecule has 64 heavy (non-hydrogen) atoms. The third kappa shape index (κ3) is 13.3. The average Bonchev–Trinajstić information content (AvgIpc) is 3.74. The second kappa shape index (κ2) is 19.1. The minimum Gasteiger partial charge on any atom is -0.443 e. The number of hydrogen-bond acceptors (Lipinski definition) is 14. The summed E-state index contributed by atoms with van der Waals surface area (Å²) < 4.78 is 25.1. The van der Waals surface area contributed by atoms with Crippen molar-refractivity contribution < 1.29 is 38.1 Å². The molecule has 6 rings (SSSR count). The molecule has 18 nitrogen and oxygen atoms in total. The van der Waals surface area contributed by atoms with Gasteiger partial charge in [0.05, 0.1) is 19.2 Å². The minimum atomic E-state index is -0.981. The number of aromatic nitrogens is 8.